The second-order valence-electron chi connectivity index (χ2n) is 3.79. The fourth-order valence-corrected chi connectivity index (χ4v) is 1.41. The number of carbonyl (C=O) groups is 1. The molecule has 0 aliphatic heterocycles. The highest BCUT2D eigenvalue weighted by molar-refractivity contribution is 5.93. The van der Waals surface area contributed by atoms with Gasteiger partial charge in [0.15, 0.2) is 5.78 Å². The Morgan fingerprint density at radius 1 is 1.21 bits per heavy atom. The topological polar surface area (TPSA) is 82.3 Å². The van der Waals surface area contributed by atoms with Gasteiger partial charge in [-0.25, -0.2) is 4.98 Å². The zero-order valence-corrected chi connectivity index (χ0v) is 10.1. The van der Waals surface area contributed by atoms with Crippen molar-refractivity contribution in [3.63, 3.8) is 0 Å². The average Bonchev–Trinajstić information content (AvgIpc) is 2.40. The molecule has 1 heterocycles. The standard InChI is InChI=1S/C13H10N2O4/c1-9(16)10-2-7-13(14-8-10)19-12-5-3-11(4-6-12)15(17)18/h2-8H,1H3. The number of ketones is 1. The normalized spacial score (nSPS) is 9.95. The van der Waals surface area contributed by atoms with Crippen molar-refractivity contribution in [2.75, 3.05) is 0 Å². The van der Waals surface area contributed by atoms with Crippen molar-refractivity contribution in [3.05, 3.63) is 58.3 Å². The van der Waals surface area contributed by atoms with E-state index in [1.165, 1.54) is 37.4 Å². The van der Waals surface area contributed by atoms with E-state index in [2.05, 4.69) is 4.98 Å². The van der Waals surface area contributed by atoms with Gasteiger partial charge in [0.25, 0.3) is 5.69 Å². The number of nitro groups is 1. The Balaban J connectivity index is 2.12. The van der Waals surface area contributed by atoms with Crippen LogP contribution in [0.3, 0.4) is 0 Å². The lowest BCUT2D eigenvalue weighted by Gasteiger charge is -2.04. The molecule has 1 aromatic carbocycles. The Labute approximate surface area is 108 Å². The van der Waals surface area contributed by atoms with Crippen molar-refractivity contribution in [3.8, 4) is 11.6 Å². The number of benzene rings is 1. The Morgan fingerprint density at radius 3 is 2.37 bits per heavy atom. The van der Waals surface area contributed by atoms with Gasteiger partial charge in [0.1, 0.15) is 5.75 Å². The zero-order valence-electron chi connectivity index (χ0n) is 10.1. The minimum absolute atomic E-state index is 0.00719. The monoisotopic (exact) mass is 258 g/mol. The van der Waals surface area contributed by atoms with E-state index in [9.17, 15) is 14.9 Å². The summed E-state index contributed by atoms with van der Waals surface area (Å²) >= 11 is 0. The highest BCUT2D eigenvalue weighted by Gasteiger charge is 2.06. The van der Waals surface area contributed by atoms with Crippen LogP contribution < -0.4 is 4.74 Å². The van der Waals surface area contributed by atoms with Crippen LogP contribution in [0, 0.1) is 10.1 Å². The van der Waals surface area contributed by atoms with Crippen LogP contribution in [0.2, 0.25) is 0 Å². The fraction of sp³-hybridized carbons (Fsp3) is 0.0769. The van der Waals surface area contributed by atoms with Crippen LogP contribution in [0.1, 0.15) is 17.3 Å². The smallest absolute Gasteiger partial charge is 0.269 e. The maximum Gasteiger partial charge on any atom is 0.269 e. The molecule has 96 valence electrons. The molecule has 0 radical (unpaired) electrons. The van der Waals surface area contributed by atoms with E-state index in [1.807, 2.05) is 0 Å². The molecule has 19 heavy (non-hydrogen) atoms. The molecule has 0 amide bonds. The average molecular weight is 258 g/mol. The number of aromatic nitrogens is 1. The minimum Gasteiger partial charge on any atom is -0.439 e. The third-order valence-electron chi connectivity index (χ3n) is 2.41. The van der Waals surface area contributed by atoms with E-state index >= 15 is 0 Å². The van der Waals surface area contributed by atoms with Crippen LogP contribution in [0.25, 0.3) is 0 Å². The molecule has 0 fully saturated rings. The van der Waals surface area contributed by atoms with Gasteiger partial charge in [-0.05, 0) is 25.1 Å². The molecular weight excluding hydrogens is 248 g/mol. The van der Waals surface area contributed by atoms with Crippen molar-refractivity contribution < 1.29 is 14.5 Å². The summed E-state index contributed by atoms with van der Waals surface area (Å²) < 4.78 is 5.40. The molecule has 0 bridgehead atoms. The second-order valence-corrected chi connectivity index (χ2v) is 3.79. The number of pyridine rings is 1. The SMILES string of the molecule is CC(=O)c1ccc(Oc2ccc([N+](=O)[O-])cc2)nc1. The van der Waals surface area contributed by atoms with Crippen LogP contribution >= 0.6 is 0 Å². The molecule has 0 N–H and O–H groups in total. The van der Waals surface area contributed by atoms with Crippen molar-refractivity contribution in [1.82, 2.24) is 4.98 Å². The first-order valence-electron chi connectivity index (χ1n) is 5.45. The van der Waals surface area contributed by atoms with E-state index in [0.29, 0.717) is 17.2 Å². The van der Waals surface area contributed by atoms with Gasteiger partial charge in [-0.15, -0.1) is 0 Å². The first-order chi connectivity index (χ1) is 9.06. The Hall–Kier alpha value is -2.76. The van der Waals surface area contributed by atoms with E-state index in [0.717, 1.165) is 0 Å². The quantitative estimate of drug-likeness (QED) is 0.478. The van der Waals surface area contributed by atoms with Crippen LogP contribution in [0.15, 0.2) is 42.6 Å². The summed E-state index contributed by atoms with van der Waals surface area (Å²) in [6, 6.07) is 8.84. The maximum atomic E-state index is 11.1. The number of ether oxygens (including phenoxy) is 1. The molecule has 1 aromatic heterocycles. The molecule has 2 rings (SSSR count). The first kappa shape index (κ1) is 12.7. The van der Waals surface area contributed by atoms with Gasteiger partial charge in [-0.1, -0.05) is 0 Å². The van der Waals surface area contributed by atoms with E-state index < -0.39 is 4.92 Å². The molecule has 6 heteroatoms. The third kappa shape index (κ3) is 3.12. The highest BCUT2D eigenvalue weighted by atomic mass is 16.6. The molecule has 0 unspecified atom stereocenters. The van der Waals surface area contributed by atoms with Gasteiger partial charge in [-0.3, -0.25) is 14.9 Å². The summed E-state index contributed by atoms with van der Waals surface area (Å²) in [4.78, 5) is 25.1. The van der Waals surface area contributed by atoms with E-state index in [1.54, 1.807) is 12.1 Å². The molecule has 0 spiro atoms. The first-order valence-corrected chi connectivity index (χ1v) is 5.45. The van der Waals surface area contributed by atoms with Crippen LogP contribution in [0.5, 0.6) is 11.6 Å². The molecule has 0 saturated carbocycles. The van der Waals surface area contributed by atoms with Gasteiger partial charge in [0.2, 0.25) is 5.88 Å². The van der Waals surface area contributed by atoms with Crippen molar-refractivity contribution in [1.29, 1.82) is 0 Å². The minimum atomic E-state index is -0.482. The largest absolute Gasteiger partial charge is 0.439 e. The number of nitrogens with zero attached hydrogens (tertiary/aromatic N) is 2. The van der Waals surface area contributed by atoms with Crippen LogP contribution in [-0.2, 0) is 0 Å². The number of nitro benzene ring substituents is 1. The van der Waals surface area contributed by atoms with Crippen LogP contribution in [0.4, 0.5) is 5.69 Å². The van der Waals surface area contributed by atoms with E-state index in [-0.39, 0.29) is 11.5 Å². The number of hydrogen-bond acceptors (Lipinski definition) is 5. The Kier molecular flexibility index (Phi) is 3.51. The van der Waals surface area contributed by atoms with Gasteiger partial charge >= 0.3 is 0 Å². The number of rotatable bonds is 4. The summed E-state index contributed by atoms with van der Waals surface area (Å²) in [7, 11) is 0. The molecule has 6 nitrogen and oxygen atoms in total. The number of hydrogen-bond donors (Lipinski definition) is 0. The predicted octanol–water partition coefficient (Wildman–Crippen LogP) is 2.98. The molecule has 0 saturated heterocycles. The molecule has 0 atom stereocenters. The molecule has 0 aliphatic carbocycles. The van der Waals surface area contributed by atoms with Gasteiger partial charge in [-0.2, -0.15) is 0 Å². The number of Topliss-reactive ketones (excluding diaryl/α,β-unsaturated/α-hetero) is 1. The van der Waals surface area contributed by atoms with Crippen molar-refractivity contribution >= 4 is 11.5 Å². The van der Waals surface area contributed by atoms with Gasteiger partial charge in [0.05, 0.1) is 4.92 Å². The number of non-ortho nitro benzene ring substituents is 1. The number of carbonyl (C=O) groups excluding carboxylic acids is 1. The highest BCUT2D eigenvalue weighted by Crippen LogP contribution is 2.22. The third-order valence-corrected chi connectivity index (χ3v) is 2.41. The summed E-state index contributed by atoms with van der Waals surface area (Å²) in [6.07, 6.45) is 1.42. The fourth-order valence-electron chi connectivity index (χ4n) is 1.41. The van der Waals surface area contributed by atoms with Crippen LogP contribution in [-0.4, -0.2) is 15.7 Å². The molecule has 0 aliphatic rings. The lowest BCUT2D eigenvalue weighted by Crippen LogP contribution is -1.94. The van der Waals surface area contributed by atoms with Gasteiger partial charge in [0, 0.05) is 30.0 Å². The predicted molar refractivity (Wildman–Crippen MR) is 67.4 cm³/mol. The van der Waals surface area contributed by atoms with E-state index in [4.69, 9.17) is 4.74 Å². The lowest BCUT2D eigenvalue weighted by molar-refractivity contribution is -0.384. The summed E-state index contributed by atoms with van der Waals surface area (Å²) in [5.41, 5.74) is 0.489. The van der Waals surface area contributed by atoms with Crippen molar-refractivity contribution in [2.24, 2.45) is 0 Å². The molecular formula is C13H10N2O4. The lowest BCUT2D eigenvalue weighted by atomic mass is 10.2. The summed E-state index contributed by atoms with van der Waals surface area (Å²) in [6.45, 7) is 1.45. The van der Waals surface area contributed by atoms with Crippen molar-refractivity contribution in [2.45, 2.75) is 6.92 Å². The summed E-state index contributed by atoms with van der Waals surface area (Å²) in [5.74, 6) is 0.682. The summed E-state index contributed by atoms with van der Waals surface area (Å²) in [5, 5.41) is 10.5. The second kappa shape index (κ2) is 5.26. The zero-order chi connectivity index (χ0) is 13.8. The maximum absolute atomic E-state index is 11.1. The van der Waals surface area contributed by atoms with Gasteiger partial charge < -0.3 is 4.74 Å². The Morgan fingerprint density at radius 2 is 1.89 bits per heavy atom. The Bertz CT molecular complexity index is 550. The molecule has 2 aromatic rings.